The number of methoxy groups -OCH3 is 1. The molecular weight excluding hydrogens is 242 g/mol. The lowest BCUT2D eigenvalue weighted by atomic mass is 9.82. The molecule has 1 unspecified atom stereocenters. The van der Waals surface area contributed by atoms with Gasteiger partial charge in [-0.3, -0.25) is 0 Å². The third-order valence-corrected chi connectivity index (χ3v) is 4.25. The molecule has 4 heteroatoms. The minimum Gasteiger partial charge on any atom is -0.497 e. The molecule has 19 heavy (non-hydrogen) atoms. The molecule has 2 aliphatic rings. The van der Waals surface area contributed by atoms with Crippen molar-refractivity contribution >= 4 is 0 Å². The summed E-state index contributed by atoms with van der Waals surface area (Å²) < 4.78 is 17.1. The van der Waals surface area contributed by atoms with Crippen LogP contribution in [0.4, 0.5) is 0 Å². The van der Waals surface area contributed by atoms with Crippen LogP contribution in [0.1, 0.15) is 30.9 Å². The molecule has 0 aromatic heterocycles. The monoisotopic (exact) mass is 263 g/mol. The zero-order valence-corrected chi connectivity index (χ0v) is 11.6. The van der Waals surface area contributed by atoms with Gasteiger partial charge in [0.15, 0.2) is 0 Å². The van der Waals surface area contributed by atoms with Crippen molar-refractivity contribution in [2.75, 3.05) is 27.4 Å². The first-order chi connectivity index (χ1) is 9.26. The highest BCUT2D eigenvalue weighted by Crippen LogP contribution is 2.44. The van der Waals surface area contributed by atoms with Crippen molar-refractivity contribution in [1.29, 1.82) is 0 Å². The summed E-state index contributed by atoms with van der Waals surface area (Å²) in [6.07, 6.45) is 2.93. The molecule has 1 aromatic carbocycles. The summed E-state index contributed by atoms with van der Waals surface area (Å²) in [4.78, 5) is 0. The predicted molar refractivity (Wildman–Crippen MR) is 72.8 cm³/mol. The van der Waals surface area contributed by atoms with Crippen LogP contribution in [-0.2, 0) is 4.74 Å². The van der Waals surface area contributed by atoms with E-state index in [0.717, 1.165) is 44.0 Å². The van der Waals surface area contributed by atoms with Gasteiger partial charge in [0, 0.05) is 30.9 Å². The molecule has 1 aromatic rings. The van der Waals surface area contributed by atoms with E-state index in [1.54, 1.807) is 7.11 Å². The first-order valence-electron chi connectivity index (χ1n) is 6.88. The Hall–Kier alpha value is -1.26. The number of rotatable bonds is 2. The molecule has 1 saturated heterocycles. The Labute approximate surface area is 114 Å². The Morgan fingerprint density at radius 2 is 2.11 bits per heavy atom. The number of hydrogen-bond acceptors (Lipinski definition) is 4. The van der Waals surface area contributed by atoms with Gasteiger partial charge < -0.3 is 19.5 Å². The van der Waals surface area contributed by atoms with E-state index in [2.05, 4.69) is 11.4 Å². The van der Waals surface area contributed by atoms with E-state index in [0.29, 0.717) is 6.04 Å². The number of ether oxygens (including phenoxy) is 3. The average Bonchev–Trinajstić information content (AvgIpc) is 2.47. The van der Waals surface area contributed by atoms with Gasteiger partial charge in [-0.25, -0.2) is 0 Å². The smallest absolute Gasteiger partial charge is 0.125 e. The summed E-state index contributed by atoms with van der Waals surface area (Å²) in [7, 11) is 3.70. The topological polar surface area (TPSA) is 39.7 Å². The van der Waals surface area contributed by atoms with E-state index in [1.165, 1.54) is 5.56 Å². The quantitative estimate of drug-likeness (QED) is 0.888. The lowest BCUT2D eigenvalue weighted by Crippen LogP contribution is -2.47. The van der Waals surface area contributed by atoms with Crippen LogP contribution in [-0.4, -0.2) is 33.0 Å². The van der Waals surface area contributed by atoms with Gasteiger partial charge in [-0.15, -0.1) is 0 Å². The number of fused-ring (bicyclic) bond motifs is 1. The van der Waals surface area contributed by atoms with Crippen molar-refractivity contribution in [3.8, 4) is 11.5 Å². The molecule has 1 fully saturated rings. The summed E-state index contributed by atoms with van der Waals surface area (Å²) >= 11 is 0. The molecule has 1 spiro atoms. The Bertz CT molecular complexity index is 455. The highest BCUT2D eigenvalue weighted by Gasteiger charge is 2.41. The van der Waals surface area contributed by atoms with Gasteiger partial charge in [-0.1, -0.05) is 0 Å². The van der Waals surface area contributed by atoms with Crippen LogP contribution in [0.2, 0.25) is 0 Å². The van der Waals surface area contributed by atoms with Crippen molar-refractivity contribution in [2.45, 2.75) is 30.9 Å². The molecule has 2 heterocycles. The molecule has 3 rings (SSSR count). The summed E-state index contributed by atoms with van der Waals surface area (Å²) in [5.74, 6) is 1.86. The maximum Gasteiger partial charge on any atom is 0.125 e. The Morgan fingerprint density at radius 1 is 1.32 bits per heavy atom. The van der Waals surface area contributed by atoms with Crippen molar-refractivity contribution in [2.24, 2.45) is 0 Å². The zero-order valence-electron chi connectivity index (χ0n) is 11.6. The van der Waals surface area contributed by atoms with Crippen LogP contribution in [0.5, 0.6) is 11.5 Å². The van der Waals surface area contributed by atoms with Crippen LogP contribution in [0.15, 0.2) is 18.2 Å². The van der Waals surface area contributed by atoms with Gasteiger partial charge in [0.05, 0.1) is 20.3 Å². The highest BCUT2D eigenvalue weighted by atomic mass is 16.5. The Balaban J connectivity index is 1.94. The molecule has 104 valence electrons. The maximum absolute atomic E-state index is 6.32. The molecular formula is C15H21NO3. The van der Waals surface area contributed by atoms with Crippen molar-refractivity contribution in [3.05, 3.63) is 23.8 Å². The molecule has 4 nitrogen and oxygen atoms in total. The standard InChI is InChI=1S/C15H21NO3/c1-16-13-10-15(5-7-18-8-6-15)19-14-4-3-11(17-2)9-12(13)14/h3-4,9,13,16H,5-8,10H2,1-2H3. The molecule has 0 amide bonds. The predicted octanol–water partition coefficient (Wildman–Crippen LogP) is 2.29. The van der Waals surface area contributed by atoms with Crippen molar-refractivity contribution in [3.63, 3.8) is 0 Å². The summed E-state index contributed by atoms with van der Waals surface area (Å²) in [6.45, 7) is 1.59. The third-order valence-electron chi connectivity index (χ3n) is 4.25. The molecule has 0 bridgehead atoms. The van der Waals surface area contributed by atoms with E-state index in [4.69, 9.17) is 14.2 Å². The molecule has 2 aliphatic heterocycles. The second-order valence-corrected chi connectivity index (χ2v) is 5.35. The highest BCUT2D eigenvalue weighted by molar-refractivity contribution is 5.44. The van der Waals surface area contributed by atoms with Crippen LogP contribution < -0.4 is 14.8 Å². The van der Waals surface area contributed by atoms with Gasteiger partial charge in [-0.2, -0.15) is 0 Å². The van der Waals surface area contributed by atoms with Crippen LogP contribution >= 0.6 is 0 Å². The molecule has 1 atom stereocenters. The first-order valence-corrected chi connectivity index (χ1v) is 6.88. The van der Waals surface area contributed by atoms with Crippen LogP contribution in [0, 0.1) is 0 Å². The lowest BCUT2D eigenvalue weighted by Gasteiger charge is -2.44. The van der Waals surface area contributed by atoms with Gasteiger partial charge >= 0.3 is 0 Å². The van der Waals surface area contributed by atoms with Crippen molar-refractivity contribution in [1.82, 2.24) is 5.32 Å². The average molecular weight is 263 g/mol. The summed E-state index contributed by atoms with van der Waals surface area (Å²) in [5.41, 5.74) is 1.13. The Morgan fingerprint density at radius 3 is 2.79 bits per heavy atom. The fourth-order valence-electron chi connectivity index (χ4n) is 3.08. The second-order valence-electron chi connectivity index (χ2n) is 5.35. The molecule has 0 aliphatic carbocycles. The van der Waals surface area contributed by atoms with E-state index in [1.807, 2.05) is 19.2 Å². The summed E-state index contributed by atoms with van der Waals surface area (Å²) in [5, 5.41) is 3.41. The largest absolute Gasteiger partial charge is 0.497 e. The minimum absolute atomic E-state index is 0.0620. The van der Waals surface area contributed by atoms with Gasteiger partial charge in [-0.05, 0) is 25.2 Å². The van der Waals surface area contributed by atoms with Crippen molar-refractivity contribution < 1.29 is 14.2 Å². The van der Waals surface area contributed by atoms with E-state index in [9.17, 15) is 0 Å². The van der Waals surface area contributed by atoms with Gasteiger partial charge in [0.25, 0.3) is 0 Å². The van der Waals surface area contributed by atoms with Crippen LogP contribution in [0.3, 0.4) is 0 Å². The van der Waals surface area contributed by atoms with Gasteiger partial charge in [0.1, 0.15) is 17.1 Å². The fourth-order valence-corrected chi connectivity index (χ4v) is 3.08. The Kier molecular flexibility index (Phi) is 3.37. The second kappa shape index (κ2) is 5.02. The van der Waals surface area contributed by atoms with Gasteiger partial charge in [0.2, 0.25) is 0 Å². The molecule has 0 saturated carbocycles. The van der Waals surface area contributed by atoms with E-state index >= 15 is 0 Å². The zero-order chi connectivity index (χ0) is 13.3. The SMILES string of the molecule is CNC1CC2(CCOCC2)Oc2ccc(OC)cc21. The van der Waals surface area contributed by atoms with E-state index < -0.39 is 0 Å². The fraction of sp³-hybridized carbons (Fsp3) is 0.600. The first kappa shape index (κ1) is 12.8. The summed E-state index contributed by atoms with van der Waals surface area (Å²) in [6, 6.07) is 6.37. The number of benzene rings is 1. The number of nitrogens with one attached hydrogen (secondary N) is 1. The number of hydrogen-bond donors (Lipinski definition) is 1. The maximum atomic E-state index is 6.32. The van der Waals surface area contributed by atoms with Crippen LogP contribution in [0.25, 0.3) is 0 Å². The minimum atomic E-state index is -0.0620. The lowest BCUT2D eigenvalue weighted by molar-refractivity contribution is -0.0641. The molecule has 1 N–H and O–H groups in total. The molecule has 0 radical (unpaired) electrons. The normalized spacial score (nSPS) is 24.6. The van der Waals surface area contributed by atoms with E-state index in [-0.39, 0.29) is 5.60 Å². The third kappa shape index (κ3) is 2.30.